The lowest BCUT2D eigenvalue weighted by Crippen LogP contribution is -2.19. The third-order valence-electron chi connectivity index (χ3n) is 3.68. The molecule has 90 valence electrons. The van der Waals surface area contributed by atoms with E-state index in [-0.39, 0.29) is 0 Å². The van der Waals surface area contributed by atoms with Crippen LogP contribution in [0.3, 0.4) is 0 Å². The largest absolute Gasteiger partial charge is 0.303 e. The average molecular weight is 230 g/mol. The van der Waals surface area contributed by atoms with Gasteiger partial charge < -0.3 is 4.90 Å². The quantitative estimate of drug-likeness (QED) is 0.789. The van der Waals surface area contributed by atoms with Crippen LogP contribution in [0.4, 0.5) is 0 Å². The number of likely N-dealkylation sites (N-methyl/N-ethyl adjacent to an activating group) is 1. The summed E-state index contributed by atoms with van der Waals surface area (Å²) in [6.07, 6.45) is 3.29. The molecule has 2 aromatic rings. The van der Waals surface area contributed by atoms with Crippen molar-refractivity contribution in [3.63, 3.8) is 0 Å². The van der Waals surface area contributed by atoms with Crippen LogP contribution in [-0.2, 0) is 0 Å². The Balaban J connectivity index is 1.96. The number of hydrogen-bond acceptors (Lipinski definition) is 3. The van der Waals surface area contributed by atoms with Crippen LogP contribution in [0.5, 0.6) is 0 Å². The second-order valence-electron chi connectivity index (χ2n) is 4.87. The maximum atomic E-state index is 4.37. The van der Waals surface area contributed by atoms with E-state index in [9.17, 15) is 0 Å². The third kappa shape index (κ3) is 1.82. The van der Waals surface area contributed by atoms with E-state index < -0.39 is 0 Å². The molecule has 0 spiro atoms. The molecule has 0 bridgehead atoms. The maximum Gasteiger partial charge on any atom is 0.161 e. The zero-order valence-electron chi connectivity index (χ0n) is 10.4. The number of likely N-dealkylation sites (tertiary alicyclic amines) is 1. The number of aromatic nitrogens is 3. The zero-order chi connectivity index (χ0) is 11.8. The molecular formula is C13H18N4. The van der Waals surface area contributed by atoms with Crippen LogP contribution in [0.25, 0.3) is 5.65 Å². The van der Waals surface area contributed by atoms with Gasteiger partial charge in [-0.05, 0) is 44.1 Å². The van der Waals surface area contributed by atoms with Crippen molar-refractivity contribution in [2.24, 2.45) is 0 Å². The highest BCUT2D eigenvalue weighted by molar-refractivity contribution is 5.41. The molecule has 0 N–H and O–H groups in total. The Morgan fingerprint density at radius 1 is 1.41 bits per heavy atom. The van der Waals surface area contributed by atoms with Gasteiger partial charge in [0.05, 0.1) is 0 Å². The Labute approximate surface area is 101 Å². The molecule has 1 saturated heterocycles. The number of aryl methyl sites for hydroxylation is 1. The fraction of sp³-hybridized carbons (Fsp3) is 0.538. The summed E-state index contributed by atoms with van der Waals surface area (Å²) in [6, 6.07) is 4.20. The van der Waals surface area contributed by atoms with E-state index in [0.29, 0.717) is 5.92 Å². The molecule has 3 heterocycles. The highest BCUT2D eigenvalue weighted by Crippen LogP contribution is 2.25. The van der Waals surface area contributed by atoms with Crippen LogP contribution in [0.2, 0.25) is 0 Å². The normalized spacial score (nSPS) is 21.4. The van der Waals surface area contributed by atoms with E-state index in [4.69, 9.17) is 0 Å². The van der Waals surface area contributed by atoms with Crippen molar-refractivity contribution in [3.8, 4) is 0 Å². The first-order valence-electron chi connectivity index (χ1n) is 6.31. The van der Waals surface area contributed by atoms with Gasteiger partial charge in [-0.1, -0.05) is 6.92 Å². The molecule has 1 unspecified atom stereocenters. The number of nitrogens with zero attached hydrogens (tertiary/aromatic N) is 4. The summed E-state index contributed by atoms with van der Waals surface area (Å²) in [5, 5.41) is 8.64. The van der Waals surface area contributed by atoms with Crippen molar-refractivity contribution >= 4 is 5.65 Å². The third-order valence-corrected chi connectivity index (χ3v) is 3.68. The van der Waals surface area contributed by atoms with E-state index in [1.54, 1.807) is 0 Å². The highest BCUT2D eigenvalue weighted by atomic mass is 15.3. The van der Waals surface area contributed by atoms with Crippen LogP contribution in [0, 0.1) is 6.92 Å². The molecule has 1 fully saturated rings. The first kappa shape index (κ1) is 10.7. The summed E-state index contributed by atoms with van der Waals surface area (Å²) in [7, 11) is 0. The Hall–Kier alpha value is -1.42. The molecule has 0 radical (unpaired) electrons. The summed E-state index contributed by atoms with van der Waals surface area (Å²) in [5.41, 5.74) is 2.20. The van der Waals surface area contributed by atoms with Gasteiger partial charge in [0.15, 0.2) is 5.65 Å². The maximum absolute atomic E-state index is 4.37. The molecule has 17 heavy (non-hydrogen) atoms. The number of fused-ring (bicyclic) bond motifs is 1. The second-order valence-corrected chi connectivity index (χ2v) is 4.87. The molecule has 0 aliphatic carbocycles. The molecule has 1 atom stereocenters. The number of hydrogen-bond donors (Lipinski definition) is 0. The summed E-state index contributed by atoms with van der Waals surface area (Å²) >= 11 is 0. The SMILES string of the molecule is CCN1CCC(c2nnc3cc(C)ccn23)C1. The molecule has 4 heteroatoms. The van der Waals surface area contributed by atoms with Crippen molar-refractivity contribution in [3.05, 3.63) is 29.7 Å². The summed E-state index contributed by atoms with van der Waals surface area (Å²) in [6.45, 7) is 7.73. The first-order chi connectivity index (χ1) is 8.28. The van der Waals surface area contributed by atoms with Crippen molar-refractivity contribution in [1.29, 1.82) is 0 Å². The highest BCUT2D eigenvalue weighted by Gasteiger charge is 2.26. The standard InChI is InChI=1S/C13H18N4/c1-3-16-6-5-11(9-16)13-15-14-12-8-10(2)4-7-17(12)13/h4,7-8,11H,3,5-6,9H2,1-2H3. The minimum absolute atomic E-state index is 0.535. The predicted molar refractivity (Wildman–Crippen MR) is 67.2 cm³/mol. The Kier molecular flexibility index (Phi) is 2.59. The van der Waals surface area contributed by atoms with Gasteiger partial charge in [0, 0.05) is 18.7 Å². The van der Waals surface area contributed by atoms with Crippen molar-refractivity contribution in [2.45, 2.75) is 26.2 Å². The van der Waals surface area contributed by atoms with Crippen LogP contribution < -0.4 is 0 Å². The van der Waals surface area contributed by atoms with Gasteiger partial charge in [0.25, 0.3) is 0 Å². The van der Waals surface area contributed by atoms with Gasteiger partial charge >= 0.3 is 0 Å². The van der Waals surface area contributed by atoms with E-state index in [2.05, 4.69) is 51.7 Å². The van der Waals surface area contributed by atoms with Crippen LogP contribution in [0.1, 0.15) is 30.7 Å². The molecule has 0 saturated carbocycles. The van der Waals surface area contributed by atoms with Gasteiger partial charge in [-0.25, -0.2) is 0 Å². The lowest BCUT2D eigenvalue weighted by atomic mass is 10.1. The molecule has 2 aromatic heterocycles. The fourth-order valence-corrected chi connectivity index (χ4v) is 2.62. The topological polar surface area (TPSA) is 33.4 Å². The molecular weight excluding hydrogens is 212 g/mol. The number of pyridine rings is 1. The van der Waals surface area contributed by atoms with E-state index in [1.807, 2.05) is 0 Å². The lowest BCUT2D eigenvalue weighted by molar-refractivity contribution is 0.352. The Morgan fingerprint density at radius 3 is 3.06 bits per heavy atom. The molecule has 1 aliphatic rings. The van der Waals surface area contributed by atoms with Gasteiger partial charge in [0.2, 0.25) is 0 Å². The molecule has 4 nitrogen and oxygen atoms in total. The summed E-state index contributed by atoms with van der Waals surface area (Å²) in [5.74, 6) is 1.66. The van der Waals surface area contributed by atoms with Crippen molar-refractivity contribution in [1.82, 2.24) is 19.5 Å². The van der Waals surface area contributed by atoms with Gasteiger partial charge in [-0.3, -0.25) is 4.40 Å². The summed E-state index contributed by atoms with van der Waals surface area (Å²) < 4.78 is 2.14. The first-order valence-corrected chi connectivity index (χ1v) is 6.31. The minimum Gasteiger partial charge on any atom is -0.303 e. The minimum atomic E-state index is 0.535. The van der Waals surface area contributed by atoms with E-state index in [0.717, 1.165) is 24.6 Å². The van der Waals surface area contributed by atoms with Crippen LogP contribution in [-0.4, -0.2) is 39.1 Å². The van der Waals surface area contributed by atoms with Crippen LogP contribution in [0.15, 0.2) is 18.3 Å². The zero-order valence-corrected chi connectivity index (χ0v) is 10.4. The molecule has 3 rings (SSSR count). The smallest absolute Gasteiger partial charge is 0.161 e. The molecule has 1 aliphatic heterocycles. The Morgan fingerprint density at radius 2 is 2.29 bits per heavy atom. The lowest BCUT2D eigenvalue weighted by Gasteiger charge is -2.11. The van der Waals surface area contributed by atoms with E-state index in [1.165, 1.54) is 18.5 Å². The Bertz CT molecular complexity index is 531. The van der Waals surface area contributed by atoms with Gasteiger partial charge in [-0.15, -0.1) is 10.2 Å². The monoisotopic (exact) mass is 230 g/mol. The second kappa shape index (κ2) is 4.11. The molecule has 0 aromatic carbocycles. The molecule has 0 amide bonds. The van der Waals surface area contributed by atoms with Gasteiger partial charge in [0.1, 0.15) is 5.82 Å². The number of rotatable bonds is 2. The van der Waals surface area contributed by atoms with Crippen LogP contribution >= 0.6 is 0 Å². The van der Waals surface area contributed by atoms with Crippen molar-refractivity contribution in [2.75, 3.05) is 19.6 Å². The predicted octanol–water partition coefficient (Wildman–Crippen LogP) is 1.85. The fourth-order valence-electron chi connectivity index (χ4n) is 2.62. The van der Waals surface area contributed by atoms with Gasteiger partial charge in [-0.2, -0.15) is 0 Å². The van der Waals surface area contributed by atoms with E-state index >= 15 is 0 Å². The summed E-state index contributed by atoms with van der Waals surface area (Å²) in [4.78, 5) is 2.47. The van der Waals surface area contributed by atoms with Crippen molar-refractivity contribution < 1.29 is 0 Å². The average Bonchev–Trinajstić information content (AvgIpc) is 2.93.